The standard InChI is InChI=1S/C36H38N6O5S/c1-3-26-23-42-16-17-48(45,46)41(2)33-20-27(19-29(26)35(33)42)36(44)40-32(18-25-10-5-4-6-11-25)34(47-24-43)22-37-21-28-12-9-14-31(39-28)30-13-7-8-15-38-30/h4-15,19-20,23-24,32,34,37H,3,16-18,21-22H2,1-2H3,(H,40,44)/t32-,34+/m0/s1. The van der Waals surface area contributed by atoms with Gasteiger partial charge in [-0.25, -0.2) is 13.4 Å². The van der Waals surface area contributed by atoms with E-state index < -0.39 is 28.1 Å². The van der Waals surface area contributed by atoms with Crippen LogP contribution in [0, 0.1) is 0 Å². The molecule has 1 aliphatic rings. The van der Waals surface area contributed by atoms with Crippen LogP contribution in [-0.2, 0) is 45.5 Å². The molecule has 0 spiro atoms. The zero-order chi connectivity index (χ0) is 33.7. The first-order valence-corrected chi connectivity index (χ1v) is 17.5. The van der Waals surface area contributed by atoms with Crippen molar-refractivity contribution >= 4 is 39.0 Å². The molecule has 0 saturated carbocycles. The van der Waals surface area contributed by atoms with Gasteiger partial charge in [-0.3, -0.25) is 18.9 Å². The third-order valence-corrected chi connectivity index (χ3v) is 10.4. The van der Waals surface area contributed by atoms with E-state index in [1.807, 2.05) is 90.5 Å². The number of hydrogen-bond donors (Lipinski definition) is 2. The Morgan fingerprint density at radius 3 is 2.58 bits per heavy atom. The highest BCUT2D eigenvalue weighted by molar-refractivity contribution is 7.92. The Hall–Kier alpha value is -5.07. The molecule has 2 N–H and O–H groups in total. The number of rotatable bonds is 13. The lowest BCUT2D eigenvalue weighted by molar-refractivity contribution is -0.134. The first-order valence-electron chi connectivity index (χ1n) is 15.9. The van der Waals surface area contributed by atoms with Crippen molar-refractivity contribution in [3.8, 4) is 11.4 Å². The van der Waals surface area contributed by atoms with E-state index in [2.05, 4.69) is 15.6 Å². The first-order chi connectivity index (χ1) is 23.3. The summed E-state index contributed by atoms with van der Waals surface area (Å²) in [6.45, 7) is 3.39. The van der Waals surface area contributed by atoms with E-state index >= 15 is 0 Å². The third kappa shape index (κ3) is 7.09. The van der Waals surface area contributed by atoms with Crippen LogP contribution in [0.4, 0.5) is 5.69 Å². The van der Waals surface area contributed by atoms with Crippen molar-refractivity contribution in [2.45, 2.75) is 45.0 Å². The number of ether oxygens (including phenoxy) is 1. The maximum absolute atomic E-state index is 14.0. The van der Waals surface area contributed by atoms with Gasteiger partial charge in [-0.15, -0.1) is 0 Å². The highest BCUT2D eigenvalue weighted by Gasteiger charge is 2.30. The fraction of sp³-hybridized carbons (Fsp3) is 0.278. The number of anilines is 1. The van der Waals surface area contributed by atoms with Crippen LogP contribution in [0.3, 0.4) is 0 Å². The summed E-state index contributed by atoms with van der Waals surface area (Å²) < 4.78 is 34.9. The topological polar surface area (TPSA) is 136 Å². The molecular formula is C36H38N6O5S. The van der Waals surface area contributed by atoms with Gasteiger partial charge >= 0.3 is 0 Å². The molecule has 248 valence electrons. The van der Waals surface area contributed by atoms with Gasteiger partial charge in [0.2, 0.25) is 10.0 Å². The van der Waals surface area contributed by atoms with Gasteiger partial charge in [0, 0.05) is 50.0 Å². The van der Waals surface area contributed by atoms with Crippen molar-refractivity contribution in [3.63, 3.8) is 0 Å². The average Bonchev–Trinajstić information content (AvgIpc) is 3.44. The fourth-order valence-corrected chi connectivity index (χ4v) is 7.29. The molecule has 0 unspecified atom stereocenters. The van der Waals surface area contributed by atoms with E-state index in [4.69, 9.17) is 9.72 Å². The van der Waals surface area contributed by atoms with Crippen LogP contribution < -0.4 is 14.9 Å². The predicted molar refractivity (Wildman–Crippen MR) is 185 cm³/mol. The van der Waals surface area contributed by atoms with Crippen LogP contribution in [0.2, 0.25) is 0 Å². The van der Waals surface area contributed by atoms with Gasteiger partial charge in [-0.1, -0.05) is 49.4 Å². The Morgan fingerprint density at radius 2 is 1.83 bits per heavy atom. The average molecular weight is 667 g/mol. The molecule has 4 heterocycles. The van der Waals surface area contributed by atoms with E-state index in [0.717, 1.165) is 45.5 Å². The predicted octanol–water partition coefficient (Wildman–Crippen LogP) is 4.11. The van der Waals surface area contributed by atoms with E-state index in [9.17, 15) is 18.0 Å². The van der Waals surface area contributed by atoms with Crippen LogP contribution in [0.1, 0.15) is 34.1 Å². The van der Waals surface area contributed by atoms with E-state index in [-0.39, 0.29) is 12.3 Å². The Bertz CT molecular complexity index is 2020. The largest absolute Gasteiger partial charge is 0.461 e. The normalized spacial score (nSPS) is 15.0. The minimum Gasteiger partial charge on any atom is -0.461 e. The maximum Gasteiger partial charge on any atom is 0.293 e. The lowest BCUT2D eigenvalue weighted by Crippen LogP contribution is -2.50. The molecule has 1 aliphatic heterocycles. The van der Waals surface area contributed by atoms with Gasteiger partial charge in [0.25, 0.3) is 12.4 Å². The summed E-state index contributed by atoms with van der Waals surface area (Å²) in [6.07, 6.45) is 4.08. The Morgan fingerprint density at radius 1 is 1.04 bits per heavy atom. The van der Waals surface area contributed by atoms with Crippen LogP contribution in [-0.4, -0.2) is 66.8 Å². The molecule has 48 heavy (non-hydrogen) atoms. The number of nitrogens with zero attached hydrogens (tertiary/aromatic N) is 4. The summed E-state index contributed by atoms with van der Waals surface area (Å²) in [7, 11) is -2.05. The number of nitrogens with one attached hydrogen (secondary N) is 2. The van der Waals surface area contributed by atoms with Gasteiger partial charge in [0.1, 0.15) is 6.10 Å². The number of pyridine rings is 2. The van der Waals surface area contributed by atoms with E-state index in [1.165, 1.54) is 11.4 Å². The van der Waals surface area contributed by atoms with Crippen molar-refractivity contribution in [2.75, 3.05) is 23.7 Å². The van der Waals surface area contributed by atoms with Crippen LogP contribution in [0.25, 0.3) is 22.3 Å². The first kappa shape index (κ1) is 32.9. The summed E-state index contributed by atoms with van der Waals surface area (Å²) in [5.74, 6) is -0.435. The molecule has 3 aromatic heterocycles. The van der Waals surface area contributed by atoms with E-state index in [0.29, 0.717) is 37.2 Å². The number of benzene rings is 2. The minimum atomic E-state index is -3.58. The van der Waals surface area contributed by atoms with Crippen molar-refractivity contribution in [1.82, 2.24) is 25.2 Å². The van der Waals surface area contributed by atoms with E-state index in [1.54, 1.807) is 12.3 Å². The number of aromatic nitrogens is 3. The van der Waals surface area contributed by atoms with Crippen molar-refractivity contribution < 1.29 is 22.7 Å². The molecule has 11 nitrogen and oxygen atoms in total. The second kappa shape index (κ2) is 14.4. The monoisotopic (exact) mass is 666 g/mol. The Kier molecular flexibility index (Phi) is 9.83. The van der Waals surface area contributed by atoms with Gasteiger partial charge < -0.3 is 19.9 Å². The van der Waals surface area contributed by atoms with Crippen molar-refractivity contribution in [3.05, 3.63) is 114 Å². The van der Waals surface area contributed by atoms with Crippen LogP contribution in [0.5, 0.6) is 0 Å². The lowest BCUT2D eigenvalue weighted by Gasteiger charge is -2.27. The molecule has 12 heteroatoms. The number of aryl methyl sites for hydroxylation is 2. The summed E-state index contributed by atoms with van der Waals surface area (Å²) in [6, 6.07) is 23.9. The molecular weight excluding hydrogens is 629 g/mol. The number of sulfonamides is 1. The smallest absolute Gasteiger partial charge is 0.293 e. The van der Waals surface area contributed by atoms with Crippen LogP contribution in [0.15, 0.2) is 91.3 Å². The Labute approximate surface area is 280 Å². The molecule has 0 saturated heterocycles. The van der Waals surface area contributed by atoms with Gasteiger partial charge in [-0.05, 0) is 60.4 Å². The minimum absolute atomic E-state index is 0.0353. The van der Waals surface area contributed by atoms with Crippen LogP contribution >= 0.6 is 0 Å². The summed E-state index contributed by atoms with van der Waals surface area (Å²) in [5.41, 5.74) is 5.84. The second-order valence-corrected chi connectivity index (χ2v) is 13.9. The van der Waals surface area contributed by atoms with Crippen molar-refractivity contribution in [2.24, 2.45) is 0 Å². The van der Waals surface area contributed by atoms with Crippen molar-refractivity contribution in [1.29, 1.82) is 0 Å². The Balaban J connectivity index is 1.27. The molecule has 0 bridgehead atoms. The number of carbonyl (C=O) groups is 2. The molecule has 0 radical (unpaired) electrons. The van der Waals surface area contributed by atoms with Gasteiger partial charge in [0.05, 0.1) is 40.1 Å². The number of amides is 1. The number of hydrogen-bond acceptors (Lipinski definition) is 8. The zero-order valence-electron chi connectivity index (χ0n) is 26.9. The summed E-state index contributed by atoms with van der Waals surface area (Å²) in [4.78, 5) is 34.9. The zero-order valence-corrected chi connectivity index (χ0v) is 27.7. The highest BCUT2D eigenvalue weighted by atomic mass is 32.2. The summed E-state index contributed by atoms with van der Waals surface area (Å²) >= 11 is 0. The third-order valence-electron chi connectivity index (χ3n) is 8.70. The molecule has 5 aromatic rings. The molecule has 2 atom stereocenters. The molecule has 6 rings (SSSR count). The second-order valence-electron chi connectivity index (χ2n) is 11.8. The quantitative estimate of drug-likeness (QED) is 0.179. The highest BCUT2D eigenvalue weighted by Crippen LogP contribution is 2.35. The number of carbonyl (C=O) groups excluding carboxylic acids is 2. The summed E-state index contributed by atoms with van der Waals surface area (Å²) in [5, 5.41) is 7.29. The fourth-order valence-electron chi connectivity index (χ4n) is 6.15. The van der Waals surface area contributed by atoms with Gasteiger partial charge in [0.15, 0.2) is 0 Å². The lowest BCUT2D eigenvalue weighted by atomic mass is 9.99. The molecule has 0 aliphatic carbocycles. The van der Waals surface area contributed by atoms with Gasteiger partial charge in [-0.2, -0.15) is 0 Å². The SMILES string of the molecule is CCc1cn2c3c(cc(C(=O)N[C@@H](Cc4ccccc4)[C@@H](CNCc4cccc(-c5ccccn5)n4)OC=O)cc13)N(C)S(=O)(=O)CC2. The molecule has 2 aromatic carbocycles. The maximum atomic E-state index is 14.0. The molecule has 1 amide bonds. The molecule has 0 fully saturated rings.